The second-order valence-electron chi connectivity index (χ2n) is 4.52. The Kier molecular flexibility index (Phi) is 4.14. The molecule has 96 valence electrons. The monoisotopic (exact) mass is 252 g/mol. The molecule has 2 nitrogen and oxygen atoms in total. The van der Waals surface area contributed by atoms with Gasteiger partial charge in [0, 0.05) is 0 Å². The lowest BCUT2D eigenvalue weighted by Crippen LogP contribution is -1.97. The van der Waals surface area contributed by atoms with Gasteiger partial charge < -0.3 is 5.11 Å². The van der Waals surface area contributed by atoms with Gasteiger partial charge in [-0.15, -0.1) is 0 Å². The topological polar surface area (TPSA) is 37.3 Å². The van der Waals surface area contributed by atoms with Crippen LogP contribution < -0.4 is 0 Å². The smallest absolute Gasteiger partial charge is 0.307 e. The molecule has 0 amide bonds. The number of carboxylic acid groups (broad SMARTS) is 1. The molecule has 0 aliphatic heterocycles. The third kappa shape index (κ3) is 3.81. The largest absolute Gasteiger partial charge is 0.481 e. The maximum absolute atomic E-state index is 11.0. The number of carboxylic acids is 1. The Morgan fingerprint density at radius 1 is 1.05 bits per heavy atom. The molecule has 0 bridgehead atoms. The molecule has 2 rings (SSSR count). The summed E-state index contributed by atoms with van der Waals surface area (Å²) >= 11 is 0. The molecule has 2 heteroatoms. The number of carbonyl (C=O) groups is 1. The fourth-order valence-electron chi connectivity index (χ4n) is 1.92. The summed E-state index contributed by atoms with van der Waals surface area (Å²) in [6.07, 6.45) is 1.96. The summed E-state index contributed by atoms with van der Waals surface area (Å²) in [5.74, 6) is -0.817. The van der Waals surface area contributed by atoms with Gasteiger partial charge in [-0.1, -0.05) is 66.2 Å². The van der Waals surface area contributed by atoms with E-state index in [0.29, 0.717) is 0 Å². The summed E-state index contributed by atoms with van der Waals surface area (Å²) in [6.45, 7) is 2.02. The molecule has 0 saturated carbocycles. The van der Waals surface area contributed by atoms with Crippen molar-refractivity contribution < 1.29 is 9.90 Å². The van der Waals surface area contributed by atoms with E-state index in [1.165, 1.54) is 0 Å². The summed E-state index contributed by atoms with van der Waals surface area (Å²) < 4.78 is 0. The van der Waals surface area contributed by atoms with Crippen LogP contribution in [-0.4, -0.2) is 11.1 Å². The number of benzene rings is 2. The lowest BCUT2D eigenvalue weighted by Gasteiger charge is -2.06. The molecule has 0 aromatic heterocycles. The standard InChI is InChI=1S/C17H16O2/c1-13-7-9-15(10-8-13)16(12-17(18)19)11-14-5-3-2-4-6-14/h2-11H,12H2,1H3,(H,18,19)/b16-11+. The fraction of sp³-hybridized carbons (Fsp3) is 0.118. The van der Waals surface area contributed by atoms with Gasteiger partial charge in [0.15, 0.2) is 0 Å². The van der Waals surface area contributed by atoms with E-state index in [4.69, 9.17) is 5.11 Å². The summed E-state index contributed by atoms with van der Waals surface area (Å²) in [5, 5.41) is 9.04. The molecule has 1 N–H and O–H groups in total. The predicted molar refractivity (Wildman–Crippen MR) is 77.7 cm³/mol. The minimum absolute atomic E-state index is 0.0257. The molecule has 0 saturated heterocycles. The van der Waals surface area contributed by atoms with E-state index in [1.54, 1.807) is 0 Å². The zero-order chi connectivity index (χ0) is 13.7. The lowest BCUT2D eigenvalue weighted by molar-refractivity contribution is -0.135. The van der Waals surface area contributed by atoms with E-state index in [1.807, 2.05) is 67.6 Å². The van der Waals surface area contributed by atoms with E-state index in [2.05, 4.69) is 0 Å². The van der Waals surface area contributed by atoms with Crippen LogP contribution in [0.5, 0.6) is 0 Å². The Morgan fingerprint density at radius 3 is 2.26 bits per heavy atom. The van der Waals surface area contributed by atoms with Crippen molar-refractivity contribution in [3.8, 4) is 0 Å². The van der Waals surface area contributed by atoms with Gasteiger partial charge in [0.05, 0.1) is 6.42 Å². The van der Waals surface area contributed by atoms with Crippen molar-refractivity contribution >= 4 is 17.6 Å². The first kappa shape index (κ1) is 13.1. The first-order chi connectivity index (χ1) is 9.15. The third-order valence-corrected chi connectivity index (χ3v) is 2.90. The minimum Gasteiger partial charge on any atom is -0.481 e. The van der Waals surface area contributed by atoms with Crippen LogP contribution in [0.1, 0.15) is 23.1 Å². The Hall–Kier alpha value is -2.35. The van der Waals surface area contributed by atoms with Gasteiger partial charge in [0.25, 0.3) is 0 Å². The van der Waals surface area contributed by atoms with Crippen LogP contribution in [0.2, 0.25) is 0 Å². The molecule has 0 radical (unpaired) electrons. The molecule has 19 heavy (non-hydrogen) atoms. The Balaban J connectivity index is 2.38. The van der Waals surface area contributed by atoms with Crippen LogP contribution >= 0.6 is 0 Å². The highest BCUT2D eigenvalue weighted by molar-refractivity contribution is 5.91. The van der Waals surface area contributed by atoms with Gasteiger partial charge in [-0.05, 0) is 23.6 Å². The molecule has 0 aliphatic carbocycles. The van der Waals surface area contributed by atoms with Gasteiger partial charge in [-0.2, -0.15) is 0 Å². The summed E-state index contributed by atoms with van der Waals surface area (Å²) in [5.41, 5.74) is 3.95. The van der Waals surface area contributed by atoms with Crippen molar-refractivity contribution in [2.75, 3.05) is 0 Å². The van der Waals surface area contributed by atoms with Crippen molar-refractivity contribution in [1.82, 2.24) is 0 Å². The highest BCUT2D eigenvalue weighted by Gasteiger charge is 2.07. The average molecular weight is 252 g/mol. The Morgan fingerprint density at radius 2 is 1.68 bits per heavy atom. The van der Waals surface area contributed by atoms with Gasteiger partial charge in [-0.25, -0.2) is 0 Å². The Bertz CT molecular complexity index is 580. The quantitative estimate of drug-likeness (QED) is 0.835. The molecule has 0 spiro atoms. The highest BCUT2D eigenvalue weighted by Crippen LogP contribution is 2.22. The van der Waals surface area contributed by atoms with E-state index < -0.39 is 5.97 Å². The van der Waals surface area contributed by atoms with Gasteiger partial charge in [0.2, 0.25) is 0 Å². The third-order valence-electron chi connectivity index (χ3n) is 2.90. The molecule has 0 heterocycles. The van der Waals surface area contributed by atoms with E-state index in [-0.39, 0.29) is 6.42 Å². The number of hydrogen-bond donors (Lipinski definition) is 1. The number of hydrogen-bond acceptors (Lipinski definition) is 1. The number of rotatable bonds is 4. The predicted octanol–water partition coefficient (Wildman–Crippen LogP) is 4.01. The van der Waals surface area contributed by atoms with Crippen LogP contribution in [-0.2, 0) is 4.79 Å². The van der Waals surface area contributed by atoms with Crippen LogP contribution in [0, 0.1) is 6.92 Å². The van der Waals surface area contributed by atoms with E-state index in [9.17, 15) is 4.79 Å². The van der Waals surface area contributed by atoms with Crippen LogP contribution in [0.4, 0.5) is 0 Å². The maximum Gasteiger partial charge on any atom is 0.307 e. The Labute approximate surface area is 113 Å². The summed E-state index contributed by atoms with van der Waals surface area (Å²) in [7, 11) is 0. The normalized spacial score (nSPS) is 11.3. The van der Waals surface area contributed by atoms with Crippen molar-refractivity contribution in [2.45, 2.75) is 13.3 Å². The number of aryl methyl sites for hydroxylation is 1. The van der Waals surface area contributed by atoms with Crippen molar-refractivity contribution in [3.63, 3.8) is 0 Å². The molecule has 0 atom stereocenters. The SMILES string of the molecule is Cc1ccc(/C(=C/c2ccccc2)CC(=O)O)cc1. The molecule has 0 aliphatic rings. The maximum atomic E-state index is 11.0. The highest BCUT2D eigenvalue weighted by atomic mass is 16.4. The van der Waals surface area contributed by atoms with Gasteiger partial charge >= 0.3 is 5.97 Å². The van der Waals surface area contributed by atoms with Gasteiger partial charge in [0.1, 0.15) is 0 Å². The molecular formula is C17H16O2. The first-order valence-corrected chi connectivity index (χ1v) is 6.19. The average Bonchev–Trinajstić information content (AvgIpc) is 2.39. The second-order valence-corrected chi connectivity index (χ2v) is 4.52. The molecule has 2 aromatic rings. The zero-order valence-electron chi connectivity index (χ0n) is 10.8. The van der Waals surface area contributed by atoms with Crippen LogP contribution in [0.3, 0.4) is 0 Å². The van der Waals surface area contributed by atoms with Crippen LogP contribution in [0.25, 0.3) is 11.6 Å². The van der Waals surface area contributed by atoms with Gasteiger partial charge in [-0.3, -0.25) is 4.79 Å². The summed E-state index contributed by atoms with van der Waals surface area (Å²) in [4.78, 5) is 11.0. The molecule has 0 unspecified atom stereocenters. The minimum atomic E-state index is -0.817. The van der Waals surface area contributed by atoms with Crippen molar-refractivity contribution in [1.29, 1.82) is 0 Å². The number of aliphatic carboxylic acids is 1. The zero-order valence-corrected chi connectivity index (χ0v) is 10.8. The van der Waals surface area contributed by atoms with E-state index in [0.717, 1.165) is 22.3 Å². The first-order valence-electron chi connectivity index (χ1n) is 6.19. The van der Waals surface area contributed by atoms with Crippen molar-refractivity contribution in [3.05, 3.63) is 71.3 Å². The van der Waals surface area contributed by atoms with Crippen LogP contribution in [0.15, 0.2) is 54.6 Å². The van der Waals surface area contributed by atoms with E-state index >= 15 is 0 Å². The second kappa shape index (κ2) is 6.01. The molecule has 2 aromatic carbocycles. The lowest BCUT2D eigenvalue weighted by atomic mass is 9.99. The molecular weight excluding hydrogens is 236 g/mol. The van der Waals surface area contributed by atoms with Crippen molar-refractivity contribution in [2.24, 2.45) is 0 Å². The fourth-order valence-corrected chi connectivity index (χ4v) is 1.92. The molecule has 0 fully saturated rings. The summed E-state index contributed by atoms with van der Waals surface area (Å²) in [6, 6.07) is 17.7.